The number of nitrogens with zero attached hydrogens (tertiary/aromatic N) is 2. The van der Waals surface area contributed by atoms with Crippen molar-refractivity contribution in [1.29, 1.82) is 5.41 Å². The number of nitrogens with one attached hydrogen (secondary N) is 3. The van der Waals surface area contributed by atoms with Gasteiger partial charge >= 0.3 is 0 Å². The molecule has 1 amide bonds. The van der Waals surface area contributed by atoms with Crippen LogP contribution in [0.3, 0.4) is 0 Å². The van der Waals surface area contributed by atoms with Crippen molar-refractivity contribution >= 4 is 29.0 Å². The minimum Gasteiger partial charge on any atom is -0.361 e. The van der Waals surface area contributed by atoms with Gasteiger partial charge in [-0.15, -0.1) is 0 Å². The number of rotatable bonds is 3. The summed E-state index contributed by atoms with van der Waals surface area (Å²) in [6, 6.07) is 6.36. The van der Waals surface area contributed by atoms with Crippen molar-refractivity contribution < 1.29 is 4.79 Å². The first-order valence-corrected chi connectivity index (χ1v) is 10.1. The quantitative estimate of drug-likeness (QED) is 0.701. The van der Waals surface area contributed by atoms with Crippen LogP contribution in [0.4, 0.5) is 5.69 Å². The summed E-state index contributed by atoms with van der Waals surface area (Å²) in [7, 11) is 0. The van der Waals surface area contributed by atoms with E-state index in [0.717, 1.165) is 50.0 Å². The van der Waals surface area contributed by atoms with Gasteiger partial charge in [0.2, 0.25) is 5.96 Å². The molecule has 0 spiro atoms. The summed E-state index contributed by atoms with van der Waals surface area (Å²) in [6.45, 7) is 3.82. The number of allylic oxidation sites excluding steroid dienone is 2. The number of amidine groups is 1. The molecule has 1 aliphatic carbocycles. The highest BCUT2D eigenvalue weighted by molar-refractivity contribution is 6.28. The summed E-state index contributed by atoms with van der Waals surface area (Å²) in [5.74, 6) is 0.224. The summed E-state index contributed by atoms with van der Waals surface area (Å²) >= 11 is 0. The number of likely N-dealkylation sites (tertiary alicyclic amines) is 1. The van der Waals surface area contributed by atoms with Crippen LogP contribution in [-0.2, 0) is 4.79 Å². The molecule has 0 bridgehead atoms. The fourth-order valence-corrected chi connectivity index (χ4v) is 3.96. The molecular weight excluding hydrogens is 350 g/mol. The number of aryl methyl sites for hydroxylation is 1. The van der Waals surface area contributed by atoms with Crippen LogP contribution >= 0.6 is 0 Å². The Morgan fingerprint density at radius 2 is 2.04 bits per heavy atom. The van der Waals surface area contributed by atoms with Crippen LogP contribution in [0.2, 0.25) is 0 Å². The number of carbonyl (C=O) groups excluding carboxylic acids is 1. The molecule has 3 aliphatic rings. The van der Waals surface area contributed by atoms with E-state index in [1.807, 2.05) is 11.0 Å². The summed E-state index contributed by atoms with van der Waals surface area (Å²) in [4.78, 5) is 18.8. The Balaban J connectivity index is 1.48. The third-order valence-corrected chi connectivity index (χ3v) is 5.61. The van der Waals surface area contributed by atoms with Gasteiger partial charge in [0.05, 0.1) is 5.57 Å². The number of guanidine groups is 1. The van der Waals surface area contributed by atoms with Crippen LogP contribution in [-0.4, -0.2) is 35.7 Å². The lowest BCUT2D eigenvalue weighted by atomic mass is 9.92. The summed E-state index contributed by atoms with van der Waals surface area (Å²) in [5.41, 5.74) is 5.00. The predicted octanol–water partition coefficient (Wildman–Crippen LogP) is 3.81. The molecule has 1 saturated heterocycles. The molecule has 2 aliphatic heterocycles. The second kappa shape index (κ2) is 8.00. The normalized spacial score (nSPS) is 21.5. The van der Waals surface area contributed by atoms with Gasteiger partial charge in [0, 0.05) is 25.0 Å². The lowest BCUT2D eigenvalue weighted by Gasteiger charge is -2.24. The zero-order valence-corrected chi connectivity index (χ0v) is 16.3. The maximum atomic E-state index is 12.5. The van der Waals surface area contributed by atoms with E-state index in [4.69, 9.17) is 5.41 Å². The number of benzene rings is 1. The van der Waals surface area contributed by atoms with E-state index in [2.05, 4.69) is 40.8 Å². The van der Waals surface area contributed by atoms with Crippen molar-refractivity contribution in [2.24, 2.45) is 4.99 Å². The number of anilines is 1. The van der Waals surface area contributed by atoms with Gasteiger partial charge in [0.25, 0.3) is 5.91 Å². The molecule has 1 aromatic carbocycles. The average Bonchev–Trinajstić information content (AvgIpc) is 3.24. The molecule has 1 fully saturated rings. The molecule has 3 N–H and O–H groups in total. The highest BCUT2D eigenvalue weighted by Crippen LogP contribution is 2.29. The van der Waals surface area contributed by atoms with Crippen molar-refractivity contribution in [2.45, 2.75) is 45.4 Å². The molecule has 1 aromatic rings. The molecule has 0 unspecified atom stereocenters. The number of hydrogen-bond acceptors (Lipinski definition) is 4. The van der Waals surface area contributed by atoms with Crippen LogP contribution in [0, 0.1) is 12.3 Å². The van der Waals surface area contributed by atoms with E-state index in [1.165, 1.54) is 24.0 Å². The Hall–Kier alpha value is -2.89. The van der Waals surface area contributed by atoms with Gasteiger partial charge in [0.1, 0.15) is 0 Å². The van der Waals surface area contributed by atoms with Gasteiger partial charge in [-0.25, -0.2) is 0 Å². The summed E-state index contributed by atoms with van der Waals surface area (Å²) in [6.07, 6.45) is 11.0. The van der Waals surface area contributed by atoms with E-state index < -0.39 is 0 Å². The maximum Gasteiger partial charge on any atom is 0.263 e. The SMILES string of the molecule is Cc1cc(C2=CCCCC2)ccc1N/C=C1\C(=N)N=C(N2CCCC2)NC1=O. The monoisotopic (exact) mass is 377 g/mol. The topological polar surface area (TPSA) is 80.6 Å². The summed E-state index contributed by atoms with van der Waals surface area (Å²) in [5, 5.41) is 14.2. The van der Waals surface area contributed by atoms with Crippen molar-refractivity contribution in [3.63, 3.8) is 0 Å². The van der Waals surface area contributed by atoms with Crippen molar-refractivity contribution in [3.05, 3.63) is 47.2 Å². The second-order valence-electron chi connectivity index (χ2n) is 7.64. The van der Waals surface area contributed by atoms with Crippen LogP contribution in [0.15, 0.2) is 41.0 Å². The minimum atomic E-state index is -0.281. The Bertz CT molecular complexity index is 890. The van der Waals surface area contributed by atoms with Gasteiger partial charge in [0.15, 0.2) is 5.84 Å². The Labute approximate surface area is 165 Å². The highest BCUT2D eigenvalue weighted by atomic mass is 16.2. The third-order valence-electron chi connectivity index (χ3n) is 5.61. The number of amides is 1. The van der Waals surface area contributed by atoms with E-state index in [1.54, 1.807) is 6.20 Å². The van der Waals surface area contributed by atoms with Gasteiger partial charge in [-0.2, -0.15) is 4.99 Å². The van der Waals surface area contributed by atoms with Gasteiger partial charge in [-0.1, -0.05) is 12.1 Å². The van der Waals surface area contributed by atoms with Gasteiger partial charge in [-0.3, -0.25) is 15.5 Å². The fourth-order valence-electron chi connectivity index (χ4n) is 3.96. The molecule has 28 heavy (non-hydrogen) atoms. The molecule has 0 atom stereocenters. The molecule has 6 nitrogen and oxygen atoms in total. The zero-order chi connectivity index (χ0) is 19.5. The molecule has 0 aromatic heterocycles. The van der Waals surface area contributed by atoms with E-state index in [9.17, 15) is 4.79 Å². The average molecular weight is 377 g/mol. The van der Waals surface area contributed by atoms with E-state index >= 15 is 0 Å². The third kappa shape index (κ3) is 3.86. The smallest absolute Gasteiger partial charge is 0.263 e. The first-order chi connectivity index (χ1) is 13.6. The van der Waals surface area contributed by atoms with E-state index in [-0.39, 0.29) is 17.3 Å². The predicted molar refractivity (Wildman–Crippen MR) is 113 cm³/mol. The minimum absolute atomic E-state index is 0.000200. The van der Waals surface area contributed by atoms with Crippen LogP contribution in [0.1, 0.15) is 49.7 Å². The highest BCUT2D eigenvalue weighted by Gasteiger charge is 2.27. The first-order valence-electron chi connectivity index (χ1n) is 10.1. The summed E-state index contributed by atoms with van der Waals surface area (Å²) < 4.78 is 0. The van der Waals surface area contributed by atoms with Crippen molar-refractivity contribution in [3.8, 4) is 0 Å². The molecule has 2 heterocycles. The van der Waals surface area contributed by atoms with Crippen LogP contribution in [0.5, 0.6) is 0 Å². The van der Waals surface area contributed by atoms with Crippen LogP contribution < -0.4 is 10.6 Å². The Morgan fingerprint density at radius 1 is 1.21 bits per heavy atom. The van der Waals surface area contributed by atoms with Gasteiger partial charge in [-0.05, 0) is 74.3 Å². The largest absolute Gasteiger partial charge is 0.361 e. The molecular formula is C22H27N5O. The fraction of sp³-hybridized carbons (Fsp3) is 0.409. The first kappa shape index (κ1) is 18.5. The standard InChI is InChI=1S/C22H27N5O/c1-15-13-17(16-7-3-2-4-8-16)9-10-19(15)24-14-18-20(23)25-22(26-21(18)28)27-11-5-6-12-27/h7,9-10,13-14,24H,2-6,8,11-12H2,1H3,(H2,23,25,26,28)/b18-14+. The molecule has 4 rings (SSSR count). The van der Waals surface area contributed by atoms with Crippen molar-refractivity contribution in [1.82, 2.24) is 10.2 Å². The number of hydrogen-bond donors (Lipinski definition) is 3. The lowest BCUT2D eigenvalue weighted by Crippen LogP contribution is -2.47. The lowest BCUT2D eigenvalue weighted by molar-refractivity contribution is -0.115. The van der Waals surface area contributed by atoms with Crippen molar-refractivity contribution in [2.75, 3.05) is 18.4 Å². The number of aliphatic imine (C=N–C) groups is 1. The van der Waals surface area contributed by atoms with E-state index in [0.29, 0.717) is 5.96 Å². The zero-order valence-electron chi connectivity index (χ0n) is 16.3. The number of carbonyl (C=O) groups is 1. The van der Waals surface area contributed by atoms with Gasteiger partial charge < -0.3 is 10.2 Å². The molecule has 6 heteroatoms. The molecule has 146 valence electrons. The molecule has 0 saturated carbocycles. The molecule has 0 radical (unpaired) electrons. The Morgan fingerprint density at radius 3 is 2.71 bits per heavy atom. The Kier molecular flexibility index (Phi) is 5.28. The maximum absolute atomic E-state index is 12.5. The second-order valence-corrected chi connectivity index (χ2v) is 7.64. The van der Waals surface area contributed by atoms with Crippen LogP contribution in [0.25, 0.3) is 5.57 Å².